The Bertz CT molecular complexity index is 543. The summed E-state index contributed by atoms with van der Waals surface area (Å²) in [5.41, 5.74) is 0.976. The molecule has 1 aromatic heterocycles. The van der Waals surface area contributed by atoms with Crippen molar-refractivity contribution in [3.8, 4) is 0 Å². The molecule has 3 nitrogen and oxygen atoms in total. The number of halogens is 1. The van der Waals surface area contributed by atoms with Gasteiger partial charge in [0.25, 0.3) is 0 Å². The van der Waals surface area contributed by atoms with E-state index in [1.807, 2.05) is 6.92 Å². The first kappa shape index (κ1) is 13.9. The van der Waals surface area contributed by atoms with Gasteiger partial charge in [0.2, 0.25) is 5.13 Å². The number of rotatable bonds is 3. The van der Waals surface area contributed by atoms with Gasteiger partial charge in [-0.25, -0.2) is 9.37 Å². The zero-order valence-electron chi connectivity index (χ0n) is 11.6. The van der Waals surface area contributed by atoms with E-state index in [0.29, 0.717) is 0 Å². The molecule has 1 unspecified atom stereocenters. The summed E-state index contributed by atoms with van der Waals surface area (Å²) in [5.74, 6) is 0.619. The maximum absolute atomic E-state index is 12.9. The number of hydrogen-bond acceptors (Lipinski definition) is 4. The van der Waals surface area contributed by atoms with Gasteiger partial charge in [-0.05, 0) is 24.6 Å². The van der Waals surface area contributed by atoms with E-state index in [1.54, 1.807) is 12.1 Å². The highest BCUT2D eigenvalue weighted by molar-refractivity contribution is 7.09. The summed E-state index contributed by atoms with van der Waals surface area (Å²) in [7, 11) is 0. The first-order valence-electron chi connectivity index (χ1n) is 6.22. The summed E-state index contributed by atoms with van der Waals surface area (Å²) in [6.45, 7) is 8.28. The molecule has 0 fully saturated rings. The van der Waals surface area contributed by atoms with E-state index in [2.05, 4.69) is 35.4 Å². The van der Waals surface area contributed by atoms with Gasteiger partial charge in [-0.3, -0.25) is 0 Å². The number of nitrogens with zero attached hydrogens (tertiary/aromatic N) is 2. The van der Waals surface area contributed by atoms with Crippen LogP contribution in [-0.4, -0.2) is 9.36 Å². The highest BCUT2D eigenvalue weighted by Gasteiger charge is 2.20. The lowest BCUT2D eigenvalue weighted by Crippen LogP contribution is -2.13. The van der Waals surface area contributed by atoms with Crippen molar-refractivity contribution in [3.05, 3.63) is 41.5 Å². The number of nitrogens with one attached hydrogen (secondary N) is 1. The van der Waals surface area contributed by atoms with Crippen LogP contribution in [0.15, 0.2) is 24.3 Å². The van der Waals surface area contributed by atoms with Crippen LogP contribution in [0.1, 0.15) is 45.1 Å². The van der Waals surface area contributed by atoms with Crippen LogP contribution in [0.2, 0.25) is 0 Å². The Labute approximate surface area is 117 Å². The van der Waals surface area contributed by atoms with E-state index in [-0.39, 0.29) is 17.3 Å². The van der Waals surface area contributed by atoms with E-state index in [4.69, 9.17) is 0 Å². The molecule has 1 heterocycles. The van der Waals surface area contributed by atoms with Gasteiger partial charge in [-0.2, -0.15) is 4.37 Å². The van der Waals surface area contributed by atoms with Crippen molar-refractivity contribution in [2.75, 3.05) is 5.32 Å². The number of hydrogen-bond donors (Lipinski definition) is 1. The van der Waals surface area contributed by atoms with Crippen molar-refractivity contribution in [1.29, 1.82) is 0 Å². The fourth-order valence-corrected chi connectivity index (χ4v) is 2.45. The van der Waals surface area contributed by atoms with Crippen LogP contribution in [0, 0.1) is 5.82 Å². The molecule has 1 N–H and O–H groups in total. The normalized spacial score (nSPS) is 13.3. The molecular formula is C14H18FN3S. The molecule has 19 heavy (non-hydrogen) atoms. The van der Waals surface area contributed by atoms with Gasteiger partial charge in [-0.1, -0.05) is 32.9 Å². The zero-order valence-corrected chi connectivity index (χ0v) is 12.4. The first-order valence-corrected chi connectivity index (χ1v) is 7.00. The predicted molar refractivity (Wildman–Crippen MR) is 77.0 cm³/mol. The topological polar surface area (TPSA) is 37.8 Å². The second-order valence-electron chi connectivity index (χ2n) is 5.59. The molecule has 0 aliphatic carbocycles. The molecule has 0 spiro atoms. The standard InChI is InChI=1S/C14H18FN3S/c1-9(10-5-7-11(15)8-6-10)16-13-17-12(18-19-13)14(2,3)4/h5-9H,1-4H3,(H,16,17,18). The SMILES string of the molecule is CC(Nc1nc(C(C)(C)C)ns1)c1ccc(F)cc1. The van der Waals surface area contributed by atoms with Gasteiger partial charge in [0, 0.05) is 16.9 Å². The van der Waals surface area contributed by atoms with Crippen LogP contribution in [0.3, 0.4) is 0 Å². The summed E-state index contributed by atoms with van der Waals surface area (Å²) in [5, 5.41) is 4.09. The van der Waals surface area contributed by atoms with E-state index < -0.39 is 0 Å². The number of aromatic nitrogens is 2. The molecule has 0 aliphatic rings. The van der Waals surface area contributed by atoms with Crippen molar-refractivity contribution >= 4 is 16.7 Å². The molecular weight excluding hydrogens is 261 g/mol. The van der Waals surface area contributed by atoms with E-state index in [9.17, 15) is 4.39 Å². The molecule has 0 bridgehead atoms. The van der Waals surface area contributed by atoms with Crippen molar-refractivity contribution < 1.29 is 4.39 Å². The molecule has 2 rings (SSSR count). The molecule has 2 aromatic rings. The highest BCUT2D eigenvalue weighted by Crippen LogP contribution is 2.25. The number of anilines is 1. The maximum Gasteiger partial charge on any atom is 0.203 e. The van der Waals surface area contributed by atoms with Gasteiger partial charge in [0.15, 0.2) is 0 Å². The monoisotopic (exact) mass is 279 g/mol. The van der Waals surface area contributed by atoms with Crippen LogP contribution >= 0.6 is 11.5 Å². The van der Waals surface area contributed by atoms with Crippen molar-refractivity contribution in [2.24, 2.45) is 0 Å². The Kier molecular flexibility index (Phi) is 3.85. The third kappa shape index (κ3) is 3.50. The van der Waals surface area contributed by atoms with Crippen molar-refractivity contribution in [2.45, 2.75) is 39.2 Å². The fourth-order valence-electron chi connectivity index (χ4n) is 1.61. The highest BCUT2D eigenvalue weighted by atomic mass is 32.1. The Morgan fingerprint density at radius 3 is 2.37 bits per heavy atom. The molecule has 0 amide bonds. The third-order valence-electron chi connectivity index (χ3n) is 2.81. The summed E-state index contributed by atoms with van der Waals surface area (Å²) in [4.78, 5) is 4.49. The molecule has 0 saturated heterocycles. The third-order valence-corrected chi connectivity index (χ3v) is 3.45. The van der Waals surface area contributed by atoms with Gasteiger partial charge in [-0.15, -0.1) is 0 Å². The maximum atomic E-state index is 12.9. The molecule has 102 valence electrons. The average molecular weight is 279 g/mol. The van der Waals surface area contributed by atoms with Crippen LogP contribution in [-0.2, 0) is 5.41 Å². The predicted octanol–water partition coefficient (Wildman–Crippen LogP) is 4.15. The lowest BCUT2D eigenvalue weighted by atomic mass is 9.96. The summed E-state index contributed by atoms with van der Waals surface area (Å²) < 4.78 is 17.2. The van der Waals surface area contributed by atoms with E-state index in [0.717, 1.165) is 16.5 Å². The molecule has 5 heteroatoms. The molecule has 0 aliphatic heterocycles. The van der Waals surface area contributed by atoms with Gasteiger partial charge in [0.05, 0.1) is 6.04 Å². The van der Waals surface area contributed by atoms with Crippen LogP contribution in [0.25, 0.3) is 0 Å². The zero-order chi connectivity index (χ0) is 14.0. The van der Waals surface area contributed by atoms with E-state index >= 15 is 0 Å². The van der Waals surface area contributed by atoms with Crippen molar-refractivity contribution in [1.82, 2.24) is 9.36 Å². The van der Waals surface area contributed by atoms with E-state index in [1.165, 1.54) is 23.7 Å². The largest absolute Gasteiger partial charge is 0.354 e. The molecule has 0 radical (unpaired) electrons. The minimum Gasteiger partial charge on any atom is -0.354 e. The van der Waals surface area contributed by atoms with Gasteiger partial charge < -0.3 is 5.32 Å². The Hall–Kier alpha value is -1.49. The summed E-state index contributed by atoms with van der Waals surface area (Å²) >= 11 is 1.36. The Balaban J connectivity index is 2.08. The molecule has 1 aromatic carbocycles. The Morgan fingerprint density at radius 2 is 1.84 bits per heavy atom. The second-order valence-corrected chi connectivity index (χ2v) is 6.34. The Morgan fingerprint density at radius 1 is 1.21 bits per heavy atom. The smallest absolute Gasteiger partial charge is 0.203 e. The quantitative estimate of drug-likeness (QED) is 0.917. The summed E-state index contributed by atoms with van der Waals surface area (Å²) in [6, 6.07) is 6.56. The van der Waals surface area contributed by atoms with Gasteiger partial charge >= 0.3 is 0 Å². The minimum atomic E-state index is -0.220. The minimum absolute atomic E-state index is 0.0461. The lowest BCUT2D eigenvalue weighted by molar-refractivity contribution is 0.555. The first-order chi connectivity index (χ1) is 8.86. The van der Waals surface area contributed by atoms with Crippen LogP contribution in [0.5, 0.6) is 0 Å². The second kappa shape index (κ2) is 5.25. The van der Waals surface area contributed by atoms with Gasteiger partial charge in [0.1, 0.15) is 11.6 Å². The van der Waals surface area contributed by atoms with Crippen LogP contribution < -0.4 is 5.32 Å². The lowest BCUT2D eigenvalue weighted by Gasteiger charge is -2.14. The fraction of sp³-hybridized carbons (Fsp3) is 0.429. The average Bonchev–Trinajstić information content (AvgIpc) is 2.78. The van der Waals surface area contributed by atoms with Crippen LogP contribution in [0.4, 0.5) is 9.52 Å². The molecule has 1 atom stereocenters. The molecule has 0 saturated carbocycles. The summed E-state index contributed by atoms with van der Waals surface area (Å²) in [6.07, 6.45) is 0. The number of benzene rings is 1. The van der Waals surface area contributed by atoms with Crippen molar-refractivity contribution in [3.63, 3.8) is 0 Å².